The van der Waals surface area contributed by atoms with Gasteiger partial charge in [0, 0.05) is 23.0 Å². The summed E-state index contributed by atoms with van der Waals surface area (Å²) < 4.78 is 10.3. The molecule has 0 saturated heterocycles. The van der Waals surface area contributed by atoms with Crippen LogP contribution in [0.3, 0.4) is 0 Å². The van der Waals surface area contributed by atoms with Crippen LogP contribution >= 0.6 is 12.4 Å². The summed E-state index contributed by atoms with van der Waals surface area (Å²) >= 11 is 0. The van der Waals surface area contributed by atoms with Crippen molar-refractivity contribution in [1.29, 1.82) is 0 Å². The maximum absolute atomic E-state index is 12.0. The average Bonchev–Trinajstić information content (AvgIpc) is 2.60. The fourth-order valence-corrected chi connectivity index (χ4v) is 2.08. The highest BCUT2D eigenvalue weighted by Gasteiger charge is 2.08. The molecule has 2 amide bonds. The van der Waals surface area contributed by atoms with Crippen molar-refractivity contribution in [3.8, 4) is 11.5 Å². The SMILES string of the molecule is COc1ccc(NC(=O)CNc2cccc(C(N)=O)c2)cc1OC.Cl. The van der Waals surface area contributed by atoms with E-state index in [9.17, 15) is 9.59 Å². The fraction of sp³-hybridized carbons (Fsp3) is 0.176. The molecule has 2 rings (SSSR count). The number of nitrogens with one attached hydrogen (secondary N) is 2. The molecule has 7 nitrogen and oxygen atoms in total. The van der Waals surface area contributed by atoms with Gasteiger partial charge >= 0.3 is 0 Å². The van der Waals surface area contributed by atoms with Crippen molar-refractivity contribution < 1.29 is 19.1 Å². The molecule has 25 heavy (non-hydrogen) atoms. The first-order valence-corrected chi connectivity index (χ1v) is 7.19. The van der Waals surface area contributed by atoms with E-state index >= 15 is 0 Å². The predicted molar refractivity (Wildman–Crippen MR) is 98.9 cm³/mol. The number of halogens is 1. The maximum Gasteiger partial charge on any atom is 0.248 e. The molecule has 0 aliphatic heterocycles. The highest BCUT2D eigenvalue weighted by molar-refractivity contribution is 5.95. The van der Waals surface area contributed by atoms with Gasteiger partial charge in [-0.3, -0.25) is 9.59 Å². The standard InChI is InChI=1S/C17H19N3O4.ClH/c1-23-14-7-6-13(9-15(14)24-2)20-16(21)10-19-12-5-3-4-11(8-12)17(18)22;/h3-9,19H,10H2,1-2H3,(H2,18,22)(H,20,21);1H. The summed E-state index contributed by atoms with van der Waals surface area (Å²) in [5, 5.41) is 5.68. The van der Waals surface area contributed by atoms with Crippen molar-refractivity contribution in [3.05, 3.63) is 48.0 Å². The van der Waals surface area contributed by atoms with Crippen LogP contribution in [0.1, 0.15) is 10.4 Å². The van der Waals surface area contributed by atoms with E-state index in [4.69, 9.17) is 15.2 Å². The smallest absolute Gasteiger partial charge is 0.248 e. The Morgan fingerprint density at radius 3 is 2.36 bits per heavy atom. The van der Waals surface area contributed by atoms with Crippen molar-refractivity contribution in [2.24, 2.45) is 5.73 Å². The van der Waals surface area contributed by atoms with Crippen molar-refractivity contribution in [2.45, 2.75) is 0 Å². The first kappa shape index (κ1) is 20.1. The highest BCUT2D eigenvalue weighted by Crippen LogP contribution is 2.29. The molecule has 0 aliphatic carbocycles. The Morgan fingerprint density at radius 2 is 1.72 bits per heavy atom. The summed E-state index contributed by atoms with van der Waals surface area (Å²) in [6, 6.07) is 11.7. The summed E-state index contributed by atoms with van der Waals surface area (Å²) in [6.07, 6.45) is 0. The molecular formula is C17H20ClN3O4. The number of rotatable bonds is 7. The minimum Gasteiger partial charge on any atom is -0.493 e. The number of primary amides is 1. The minimum absolute atomic E-state index is 0. The Labute approximate surface area is 151 Å². The molecular weight excluding hydrogens is 346 g/mol. The van der Waals surface area contributed by atoms with Crippen LogP contribution in [0.4, 0.5) is 11.4 Å². The summed E-state index contributed by atoms with van der Waals surface area (Å²) in [5.74, 6) is 0.342. The van der Waals surface area contributed by atoms with E-state index in [1.807, 2.05) is 0 Å². The van der Waals surface area contributed by atoms with Crippen LogP contribution < -0.4 is 25.8 Å². The predicted octanol–water partition coefficient (Wildman–Crippen LogP) is 2.28. The van der Waals surface area contributed by atoms with Gasteiger partial charge in [0.15, 0.2) is 11.5 Å². The number of nitrogens with two attached hydrogens (primary N) is 1. The zero-order valence-electron chi connectivity index (χ0n) is 13.9. The zero-order valence-corrected chi connectivity index (χ0v) is 14.7. The molecule has 2 aromatic carbocycles. The van der Waals surface area contributed by atoms with E-state index in [1.165, 1.54) is 7.11 Å². The van der Waals surface area contributed by atoms with Crippen molar-refractivity contribution in [3.63, 3.8) is 0 Å². The Morgan fingerprint density at radius 1 is 1.00 bits per heavy atom. The van der Waals surface area contributed by atoms with Crippen LogP contribution in [-0.4, -0.2) is 32.6 Å². The first-order valence-electron chi connectivity index (χ1n) is 7.19. The molecule has 0 atom stereocenters. The molecule has 0 heterocycles. The van der Waals surface area contributed by atoms with Crippen LogP contribution in [0.5, 0.6) is 11.5 Å². The number of methoxy groups -OCH3 is 2. The minimum atomic E-state index is -0.520. The average molecular weight is 366 g/mol. The Balaban J connectivity index is 0.00000312. The Bertz CT molecular complexity index is 752. The highest BCUT2D eigenvalue weighted by atomic mass is 35.5. The third kappa shape index (κ3) is 5.58. The van der Waals surface area contributed by atoms with Gasteiger partial charge in [0.1, 0.15) is 0 Å². The maximum atomic E-state index is 12.0. The fourth-order valence-electron chi connectivity index (χ4n) is 2.08. The molecule has 8 heteroatoms. The number of amides is 2. The van der Waals surface area contributed by atoms with Gasteiger partial charge in [0.2, 0.25) is 11.8 Å². The van der Waals surface area contributed by atoms with Gasteiger partial charge in [-0.1, -0.05) is 6.07 Å². The number of benzene rings is 2. The van der Waals surface area contributed by atoms with Crippen molar-refractivity contribution >= 4 is 35.6 Å². The molecule has 0 aromatic heterocycles. The molecule has 0 fully saturated rings. The second-order valence-corrected chi connectivity index (χ2v) is 4.92. The number of carbonyl (C=O) groups excluding carboxylic acids is 2. The van der Waals surface area contributed by atoms with Gasteiger partial charge in [0.05, 0.1) is 20.8 Å². The summed E-state index contributed by atoms with van der Waals surface area (Å²) in [6.45, 7) is 0.0383. The van der Waals surface area contributed by atoms with Gasteiger partial charge in [-0.25, -0.2) is 0 Å². The largest absolute Gasteiger partial charge is 0.493 e. The van der Waals surface area contributed by atoms with Crippen LogP contribution in [0, 0.1) is 0 Å². The van der Waals surface area contributed by atoms with Crippen LogP contribution in [0.2, 0.25) is 0 Å². The molecule has 0 aliphatic rings. The second-order valence-electron chi connectivity index (χ2n) is 4.92. The molecule has 2 aromatic rings. The normalized spacial score (nSPS) is 9.52. The van der Waals surface area contributed by atoms with Crippen LogP contribution in [0.25, 0.3) is 0 Å². The lowest BCUT2D eigenvalue weighted by atomic mass is 10.2. The zero-order chi connectivity index (χ0) is 17.5. The molecule has 134 valence electrons. The monoisotopic (exact) mass is 365 g/mol. The van der Waals surface area contributed by atoms with Crippen LogP contribution in [0.15, 0.2) is 42.5 Å². The van der Waals surface area contributed by atoms with Gasteiger partial charge in [0.25, 0.3) is 0 Å². The Kier molecular flexibility index (Phi) is 7.55. The van der Waals surface area contributed by atoms with Gasteiger partial charge < -0.3 is 25.8 Å². The van der Waals surface area contributed by atoms with E-state index in [1.54, 1.807) is 49.6 Å². The lowest BCUT2D eigenvalue weighted by molar-refractivity contribution is -0.114. The van der Waals surface area contributed by atoms with E-state index in [0.29, 0.717) is 28.4 Å². The van der Waals surface area contributed by atoms with Gasteiger partial charge in [-0.05, 0) is 30.3 Å². The van der Waals surface area contributed by atoms with Crippen LogP contribution in [-0.2, 0) is 4.79 Å². The second kappa shape index (κ2) is 9.39. The summed E-state index contributed by atoms with van der Waals surface area (Å²) in [7, 11) is 3.07. The number of carbonyl (C=O) groups is 2. The molecule has 4 N–H and O–H groups in total. The van der Waals surface area contributed by atoms with Gasteiger partial charge in [-0.2, -0.15) is 0 Å². The van der Waals surface area contributed by atoms with E-state index in [0.717, 1.165) is 0 Å². The van der Waals surface area contributed by atoms with Crippen molar-refractivity contribution in [2.75, 3.05) is 31.4 Å². The lowest BCUT2D eigenvalue weighted by Gasteiger charge is -2.11. The number of ether oxygens (including phenoxy) is 2. The number of hydrogen-bond acceptors (Lipinski definition) is 5. The third-order valence-corrected chi connectivity index (χ3v) is 3.27. The summed E-state index contributed by atoms with van der Waals surface area (Å²) in [5.41, 5.74) is 6.82. The molecule has 0 bridgehead atoms. The topological polar surface area (TPSA) is 103 Å². The molecule has 0 spiro atoms. The first-order chi connectivity index (χ1) is 11.5. The lowest BCUT2D eigenvalue weighted by Crippen LogP contribution is -2.22. The third-order valence-electron chi connectivity index (χ3n) is 3.27. The van der Waals surface area contributed by atoms with E-state index in [2.05, 4.69) is 10.6 Å². The molecule has 0 saturated carbocycles. The van der Waals surface area contributed by atoms with E-state index in [-0.39, 0.29) is 24.9 Å². The Hall–Kier alpha value is -2.93. The molecule has 0 radical (unpaired) electrons. The molecule has 0 unspecified atom stereocenters. The van der Waals surface area contributed by atoms with Crippen molar-refractivity contribution in [1.82, 2.24) is 0 Å². The van der Waals surface area contributed by atoms with E-state index < -0.39 is 5.91 Å². The number of hydrogen-bond donors (Lipinski definition) is 3. The quantitative estimate of drug-likeness (QED) is 0.698. The summed E-state index contributed by atoms with van der Waals surface area (Å²) in [4.78, 5) is 23.2. The van der Waals surface area contributed by atoms with Gasteiger partial charge in [-0.15, -0.1) is 12.4 Å². The number of anilines is 2.